The van der Waals surface area contributed by atoms with Crippen molar-refractivity contribution in [1.29, 1.82) is 0 Å². The molecule has 0 bridgehead atoms. The summed E-state index contributed by atoms with van der Waals surface area (Å²) in [6.07, 6.45) is 4.36. The average Bonchev–Trinajstić information content (AvgIpc) is 2.69. The van der Waals surface area contributed by atoms with E-state index >= 15 is 0 Å². The summed E-state index contributed by atoms with van der Waals surface area (Å²) in [5.74, 6) is 1.46. The number of aromatic nitrogens is 2. The van der Waals surface area contributed by atoms with Crippen molar-refractivity contribution in [2.45, 2.75) is 53.0 Å². The third-order valence-electron chi connectivity index (χ3n) is 3.07. The molecule has 1 rings (SSSR count). The molecule has 16 heavy (non-hydrogen) atoms. The van der Waals surface area contributed by atoms with Crippen molar-refractivity contribution in [3.63, 3.8) is 0 Å². The topological polar surface area (TPSA) is 17.8 Å². The van der Waals surface area contributed by atoms with E-state index in [1.165, 1.54) is 17.8 Å². The van der Waals surface area contributed by atoms with Gasteiger partial charge < -0.3 is 0 Å². The van der Waals surface area contributed by atoms with Crippen LogP contribution >= 0.6 is 11.6 Å². The molecule has 3 heteroatoms. The van der Waals surface area contributed by atoms with Crippen molar-refractivity contribution in [2.24, 2.45) is 5.92 Å². The second-order valence-electron chi connectivity index (χ2n) is 4.43. The summed E-state index contributed by atoms with van der Waals surface area (Å²) in [7, 11) is 0. The predicted octanol–water partition coefficient (Wildman–Crippen LogP) is 3.66. The molecule has 0 aromatic carbocycles. The number of rotatable bonds is 7. The molecule has 1 aromatic heterocycles. The number of aryl methyl sites for hydroxylation is 3. The summed E-state index contributed by atoms with van der Waals surface area (Å²) in [4.78, 5) is 0. The van der Waals surface area contributed by atoms with Gasteiger partial charge in [0.05, 0.1) is 5.69 Å². The Morgan fingerprint density at radius 2 is 2.06 bits per heavy atom. The van der Waals surface area contributed by atoms with Crippen molar-refractivity contribution >= 4 is 11.6 Å². The normalized spacial score (nSPS) is 13.0. The summed E-state index contributed by atoms with van der Waals surface area (Å²) in [6.45, 7) is 7.64. The highest BCUT2D eigenvalue weighted by Crippen LogP contribution is 2.12. The van der Waals surface area contributed by atoms with Gasteiger partial charge in [0.15, 0.2) is 0 Å². The smallest absolute Gasteiger partial charge is 0.0624 e. The Kier molecular flexibility index (Phi) is 5.89. The highest BCUT2D eigenvalue weighted by molar-refractivity contribution is 6.17. The Balaban J connectivity index is 2.54. The first kappa shape index (κ1) is 13.6. The van der Waals surface area contributed by atoms with Gasteiger partial charge in [0.1, 0.15) is 0 Å². The van der Waals surface area contributed by atoms with Gasteiger partial charge in [-0.3, -0.25) is 4.68 Å². The second kappa shape index (κ2) is 6.95. The third-order valence-corrected chi connectivity index (χ3v) is 3.29. The first-order valence-corrected chi connectivity index (χ1v) is 6.86. The Morgan fingerprint density at radius 3 is 2.62 bits per heavy atom. The molecule has 0 N–H and O–H groups in total. The molecule has 0 saturated carbocycles. The largest absolute Gasteiger partial charge is 0.269 e. The minimum atomic E-state index is 0.691. The number of nitrogens with zero attached hydrogens (tertiary/aromatic N) is 2. The first-order chi connectivity index (χ1) is 7.71. The molecule has 1 unspecified atom stereocenters. The van der Waals surface area contributed by atoms with Gasteiger partial charge >= 0.3 is 0 Å². The van der Waals surface area contributed by atoms with Crippen molar-refractivity contribution in [2.75, 3.05) is 5.88 Å². The number of halogens is 1. The van der Waals surface area contributed by atoms with Crippen LogP contribution in [0.4, 0.5) is 0 Å². The Morgan fingerprint density at radius 1 is 1.31 bits per heavy atom. The van der Waals surface area contributed by atoms with Crippen LogP contribution in [0.15, 0.2) is 6.07 Å². The summed E-state index contributed by atoms with van der Waals surface area (Å²) in [5, 5.41) is 4.62. The van der Waals surface area contributed by atoms with E-state index in [0.717, 1.165) is 31.7 Å². The van der Waals surface area contributed by atoms with Crippen LogP contribution < -0.4 is 0 Å². The van der Waals surface area contributed by atoms with Crippen LogP contribution in [0.5, 0.6) is 0 Å². The van der Waals surface area contributed by atoms with E-state index in [4.69, 9.17) is 11.6 Å². The fraction of sp³-hybridized carbons (Fsp3) is 0.769. The van der Waals surface area contributed by atoms with E-state index in [9.17, 15) is 0 Å². The van der Waals surface area contributed by atoms with Gasteiger partial charge in [0.25, 0.3) is 0 Å². The van der Waals surface area contributed by atoms with E-state index in [-0.39, 0.29) is 0 Å². The van der Waals surface area contributed by atoms with E-state index in [1.54, 1.807) is 0 Å². The van der Waals surface area contributed by atoms with Crippen LogP contribution in [0.1, 0.15) is 45.0 Å². The number of hydrogen-bond acceptors (Lipinski definition) is 1. The van der Waals surface area contributed by atoms with Crippen LogP contribution in [0, 0.1) is 5.92 Å². The molecular weight excluding hydrogens is 220 g/mol. The van der Waals surface area contributed by atoms with Crippen molar-refractivity contribution in [1.82, 2.24) is 9.78 Å². The lowest BCUT2D eigenvalue weighted by Crippen LogP contribution is -2.08. The molecule has 0 aliphatic carbocycles. The highest BCUT2D eigenvalue weighted by Gasteiger charge is 2.07. The lowest BCUT2D eigenvalue weighted by molar-refractivity contribution is 0.441. The average molecular weight is 243 g/mol. The summed E-state index contributed by atoms with van der Waals surface area (Å²) in [5.41, 5.74) is 2.57. The molecule has 0 radical (unpaired) electrons. The SMILES string of the molecule is CCc1cc(CC)n(CCC(C)CCCl)n1. The maximum absolute atomic E-state index is 5.74. The summed E-state index contributed by atoms with van der Waals surface area (Å²) >= 11 is 5.74. The van der Waals surface area contributed by atoms with Crippen LogP contribution in [-0.4, -0.2) is 15.7 Å². The number of alkyl halides is 1. The molecular formula is C13H23ClN2. The van der Waals surface area contributed by atoms with Gasteiger partial charge in [-0.25, -0.2) is 0 Å². The molecule has 0 fully saturated rings. The molecule has 0 aliphatic heterocycles. The summed E-state index contributed by atoms with van der Waals surface area (Å²) in [6, 6.07) is 2.23. The minimum Gasteiger partial charge on any atom is -0.269 e. The van der Waals surface area contributed by atoms with Crippen molar-refractivity contribution in [3.05, 3.63) is 17.5 Å². The second-order valence-corrected chi connectivity index (χ2v) is 4.81. The fourth-order valence-electron chi connectivity index (χ4n) is 1.84. The highest BCUT2D eigenvalue weighted by atomic mass is 35.5. The standard InChI is InChI=1S/C13H23ClN2/c1-4-12-10-13(5-2)16(15-12)9-7-11(3)6-8-14/h10-11H,4-9H2,1-3H3. The zero-order valence-corrected chi connectivity index (χ0v) is 11.4. The van der Waals surface area contributed by atoms with E-state index in [1.807, 2.05) is 0 Å². The van der Waals surface area contributed by atoms with Crippen LogP contribution in [0.3, 0.4) is 0 Å². The number of hydrogen-bond donors (Lipinski definition) is 0. The molecule has 0 aliphatic rings. The van der Waals surface area contributed by atoms with Gasteiger partial charge in [-0.2, -0.15) is 5.10 Å². The Bertz CT molecular complexity index is 307. The first-order valence-electron chi connectivity index (χ1n) is 6.32. The van der Waals surface area contributed by atoms with Gasteiger partial charge in [-0.15, -0.1) is 11.6 Å². The predicted molar refractivity (Wildman–Crippen MR) is 70.1 cm³/mol. The molecule has 1 heterocycles. The fourth-order valence-corrected chi connectivity index (χ4v) is 2.21. The van der Waals surface area contributed by atoms with Gasteiger partial charge in [-0.1, -0.05) is 20.8 Å². The van der Waals surface area contributed by atoms with Gasteiger partial charge in [-0.05, 0) is 37.7 Å². The Hall–Kier alpha value is -0.500. The lowest BCUT2D eigenvalue weighted by atomic mass is 10.1. The van der Waals surface area contributed by atoms with Gasteiger partial charge in [0, 0.05) is 18.1 Å². The van der Waals surface area contributed by atoms with Gasteiger partial charge in [0.2, 0.25) is 0 Å². The lowest BCUT2D eigenvalue weighted by Gasteiger charge is -2.10. The van der Waals surface area contributed by atoms with Crippen LogP contribution in [0.2, 0.25) is 0 Å². The van der Waals surface area contributed by atoms with E-state index in [2.05, 4.69) is 36.6 Å². The molecule has 0 spiro atoms. The van der Waals surface area contributed by atoms with Crippen molar-refractivity contribution in [3.8, 4) is 0 Å². The van der Waals surface area contributed by atoms with Crippen LogP contribution in [-0.2, 0) is 19.4 Å². The van der Waals surface area contributed by atoms with Crippen LogP contribution in [0.25, 0.3) is 0 Å². The zero-order chi connectivity index (χ0) is 12.0. The molecule has 1 aromatic rings. The molecule has 92 valence electrons. The van der Waals surface area contributed by atoms with Crippen molar-refractivity contribution < 1.29 is 0 Å². The Labute approximate surface area is 104 Å². The third kappa shape index (κ3) is 3.82. The molecule has 2 nitrogen and oxygen atoms in total. The monoisotopic (exact) mass is 242 g/mol. The maximum atomic E-state index is 5.74. The molecule has 0 amide bonds. The maximum Gasteiger partial charge on any atom is 0.0624 e. The molecule has 0 saturated heterocycles. The van der Waals surface area contributed by atoms with E-state index < -0.39 is 0 Å². The quantitative estimate of drug-likeness (QED) is 0.668. The van der Waals surface area contributed by atoms with E-state index in [0.29, 0.717) is 5.92 Å². The molecule has 1 atom stereocenters. The zero-order valence-electron chi connectivity index (χ0n) is 10.7. The minimum absolute atomic E-state index is 0.691. The summed E-state index contributed by atoms with van der Waals surface area (Å²) < 4.78 is 2.17.